The molecule has 0 saturated heterocycles. The molecular formula is C39H26N2O. The molecule has 0 amide bonds. The highest BCUT2D eigenvalue weighted by Crippen LogP contribution is 2.41. The number of rotatable bonds is 5. The molecule has 3 nitrogen and oxygen atoms in total. The van der Waals surface area contributed by atoms with E-state index in [0.717, 1.165) is 39.1 Å². The lowest BCUT2D eigenvalue weighted by molar-refractivity contribution is 0.667. The zero-order valence-corrected chi connectivity index (χ0v) is 22.8. The number of nitrogens with zero attached hydrogens (tertiary/aromatic N) is 2. The second kappa shape index (κ2) is 10.1. The second-order valence-corrected chi connectivity index (χ2v) is 10.5. The molecule has 0 fully saturated rings. The lowest BCUT2D eigenvalue weighted by Crippen LogP contribution is -2.11. The summed E-state index contributed by atoms with van der Waals surface area (Å²) in [7, 11) is 0. The Labute approximate surface area is 243 Å². The fraction of sp³-hybridized carbons (Fsp3) is 0. The minimum Gasteiger partial charge on any atom is -0.452 e. The van der Waals surface area contributed by atoms with E-state index < -0.39 is 0 Å². The van der Waals surface area contributed by atoms with Crippen molar-refractivity contribution < 1.29 is 4.42 Å². The highest BCUT2D eigenvalue weighted by molar-refractivity contribution is 6.09. The van der Waals surface area contributed by atoms with Gasteiger partial charge in [-0.25, -0.2) is 4.98 Å². The number of fused-ring (bicyclic) bond motifs is 4. The summed E-state index contributed by atoms with van der Waals surface area (Å²) in [6.45, 7) is 0. The van der Waals surface area contributed by atoms with E-state index >= 15 is 0 Å². The molecule has 0 radical (unpaired) electrons. The number of hydrogen-bond acceptors (Lipinski definition) is 3. The van der Waals surface area contributed by atoms with Crippen LogP contribution in [-0.2, 0) is 0 Å². The summed E-state index contributed by atoms with van der Waals surface area (Å²) >= 11 is 0. The van der Waals surface area contributed by atoms with Gasteiger partial charge in [0.2, 0.25) is 0 Å². The zero-order chi connectivity index (χ0) is 27.9. The molecule has 0 spiro atoms. The molecule has 8 aromatic rings. The molecule has 0 aliphatic rings. The Balaban J connectivity index is 1.26. The van der Waals surface area contributed by atoms with Gasteiger partial charge in [-0.05, 0) is 75.5 Å². The quantitative estimate of drug-likeness (QED) is 0.218. The molecule has 0 bridgehead atoms. The first-order valence-corrected chi connectivity index (χ1v) is 14.1. The molecule has 0 atom stereocenters. The minimum atomic E-state index is 0.759. The van der Waals surface area contributed by atoms with Crippen molar-refractivity contribution in [2.24, 2.45) is 0 Å². The van der Waals surface area contributed by atoms with E-state index in [-0.39, 0.29) is 0 Å². The molecule has 198 valence electrons. The van der Waals surface area contributed by atoms with Crippen LogP contribution < -0.4 is 4.90 Å². The number of para-hydroxylation sites is 1. The van der Waals surface area contributed by atoms with E-state index in [0.29, 0.717) is 0 Å². The maximum Gasteiger partial charge on any atom is 0.181 e. The van der Waals surface area contributed by atoms with Gasteiger partial charge in [-0.1, -0.05) is 109 Å². The zero-order valence-electron chi connectivity index (χ0n) is 22.8. The largest absolute Gasteiger partial charge is 0.452 e. The highest BCUT2D eigenvalue weighted by Gasteiger charge is 2.20. The molecular weight excluding hydrogens is 512 g/mol. The normalized spacial score (nSPS) is 11.3. The third-order valence-corrected chi connectivity index (χ3v) is 7.93. The monoisotopic (exact) mass is 538 g/mol. The Morgan fingerprint density at radius 1 is 0.452 bits per heavy atom. The standard InChI is InChI=1S/C39H26N2O/c1-2-8-27(9-3-1)29-16-20-33(21-17-29)41(39-38-36(24-25-40-39)35-12-6-7-13-37(35)42-38)34-22-18-30(19-23-34)32-15-14-28-10-4-5-11-31(28)26-32/h1-26H. The molecule has 3 heteroatoms. The summed E-state index contributed by atoms with van der Waals surface area (Å²) in [6.07, 6.45) is 1.87. The van der Waals surface area contributed by atoms with Crippen LogP contribution in [0.4, 0.5) is 17.2 Å². The van der Waals surface area contributed by atoms with Gasteiger partial charge in [0.05, 0.1) is 0 Å². The van der Waals surface area contributed by atoms with Gasteiger partial charge in [-0.2, -0.15) is 0 Å². The predicted octanol–water partition coefficient (Wildman–Crippen LogP) is 10.9. The van der Waals surface area contributed by atoms with Crippen molar-refractivity contribution in [2.45, 2.75) is 0 Å². The van der Waals surface area contributed by atoms with E-state index in [1.165, 1.54) is 33.0 Å². The maximum atomic E-state index is 6.43. The van der Waals surface area contributed by atoms with Crippen LogP contribution in [0.5, 0.6) is 0 Å². The summed E-state index contributed by atoms with van der Waals surface area (Å²) in [5.41, 5.74) is 8.35. The van der Waals surface area contributed by atoms with Gasteiger partial charge in [-0.3, -0.25) is 4.90 Å². The predicted molar refractivity (Wildman–Crippen MR) is 175 cm³/mol. The number of benzene rings is 6. The minimum absolute atomic E-state index is 0.759. The van der Waals surface area contributed by atoms with Crippen molar-refractivity contribution in [2.75, 3.05) is 4.90 Å². The number of pyridine rings is 1. The molecule has 8 rings (SSSR count). The first kappa shape index (κ1) is 24.2. The third-order valence-electron chi connectivity index (χ3n) is 7.93. The summed E-state index contributed by atoms with van der Waals surface area (Å²) in [4.78, 5) is 7.07. The van der Waals surface area contributed by atoms with Gasteiger partial charge < -0.3 is 4.42 Å². The van der Waals surface area contributed by atoms with Crippen LogP contribution in [0.25, 0.3) is 55.0 Å². The lowest BCUT2D eigenvalue weighted by atomic mass is 10.0. The molecule has 2 heterocycles. The van der Waals surface area contributed by atoms with Gasteiger partial charge >= 0.3 is 0 Å². The molecule has 0 aliphatic heterocycles. The molecule has 0 N–H and O–H groups in total. The van der Waals surface area contributed by atoms with Crippen molar-refractivity contribution in [3.05, 3.63) is 158 Å². The summed E-state index contributed by atoms with van der Waals surface area (Å²) in [5, 5.41) is 4.62. The van der Waals surface area contributed by atoms with Gasteiger partial charge in [0, 0.05) is 28.3 Å². The fourth-order valence-corrected chi connectivity index (χ4v) is 5.80. The van der Waals surface area contributed by atoms with Crippen LogP contribution in [0.15, 0.2) is 162 Å². The smallest absolute Gasteiger partial charge is 0.181 e. The highest BCUT2D eigenvalue weighted by atomic mass is 16.3. The fourth-order valence-electron chi connectivity index (χ4n) is 5.80. The Hall–Kier alpha value is -5.67. The van der Waals surface area contributed by atoms with Crippen molar-refractivity contribution in [1.82, 2.24) is 4.98 Å². The molecule has 2 aromatic heterocycles. The Morgan fingerprint density at radius 2 is 1.05 bits per heavy atom. The number of aromatic nitrogens is 1. The van der Waals surface area contributed by atoms with Crippen LogP contribution in [0.2, 0.25) is 0 Å². The van der Waals surface area contributed by atoms with E-state index in [4.69, 9.17) is 9.40 Å². The van der Waals surface area contributed by atoms with E-state index in [1.807, 2.05) is 36.5 Å². The van der Waals surface area contributed by atoms with E-state index in [2.05, 4.69) is 126 Å². The molecule has 0 saturated carbocycles. The second-order valence-electron chi connectivity index (χ2n) is 10.5. The first-order chi connectivity index (χ1) is 20.8. The maximum absolute atomic E-state index is 6.43. The Morgan fingerprint density at radius 3 is 1.81 bits per heavy atom. The topological polar surface area (TPSA) is 29.3 Å². The lowest BCUT2D eigenvalue weighted by Gasteiger charge is -2.25. The Kier molecular flexibility index (Phi) is 5.79. The summed E-state index contributed by atoms with van der Waals surface area (Å²) < 4.78 is 6.43. The molecule has 42 heavy (non-hydrogen) atoms. The third kappa shape index (κ3) is 4.20. The van der Waals surface area contributed by atoms with Gasteiger partial charge in [0.25, 0.3) is 0 Å². The van der Waals surface area contributed by atoms with Gasteiger partial charge in [0.15, 0.2) is 11.4 Å². The van der Waals surface area contributed by atoms with Crippen LogP contribution in [-0.4, -0.2) is 4.98 Å². The van der Waals surface area contributed by atoms with Crippen molar-refractivity contribution in [3.63, 3.8) is 0 Å². The molecule has 6 aromatic carbocycles. The number of furan rings is 1. The molecule has 0 aliphatic carbocycles. The van der Waals surface area contributed by atoms with Crippen LogP contribution in [0.1, 0.15) is 0 Å². The van der Waals surface area contributed by atoms with E-state index in [1.54, 1.807) is 0 Å². The summed E-state index contributed by atoms with van der Waals surface area (Å²) in [6, 6.07) is 53.1. The van der Waals surface area contributed by atoms with Gasteiger partial charge in [0.1, 0.15) is 5.58 Å². The summed E-state index contributed by atoms with van der Waals surface area (Å²) in [5.74, 6) is 0.759. The van der Waals surface area contributed by atoms with Crippen LogP contribution >= 0.6 is 0 Å². The molecule has 0 unspecified atom stereocenters. The van der Waals surface area contributed by atoms with Crippen LogP contribution in [0.3, 0.4) is 0 Å². The van der Waals surface area contributed by atoms with Crippen molar-refractivity contribution >= 4 is 49.9 Å². The van der Waals surface area contributed by atoms with Crippen LogP contribution in [0, 0.1) is 0 Å². The number of anilines is 3. The first-order valence-electron chi connectivity index (χ1n) is 14.1. The van der Waals surface area contributed by atoms with Crippen molar-refractivity contribution in [1.29, 1.82) is 0 Å². The van der Waals surface area contributed by atoms with Gasteiger partial charge in [-0.15, -0.1) is 0 Å². The average Bonchev–Trinajstić information content (AvgIpc) is 3.45. The Bertz CT molecular complexity index is 2180. The SMILES string of the molecule is c1ccc(-c2ccc(N(c3ccc(-c4ccc5ccccc5c4)cc3)c3nccc4c3oc3ccccc34)cc2)cc1. The number of hydrogen-bond donors (Lipinski definition) is 0. The average molecular weight is 539 g/mol. The van der Waals surface area contributed by atoms with E-state index in [9.17, 15) is 0 Å². The van der Waals surface area contributed by atoms with Crippen molar-refractivity contribution in [3.8, 4) is 22.3 Å².